The average molecular weight is 637 g/mol. The molecule has 0 saturated heterocycles. The van der Waals surface area contributed by atoms with Crippen molar-refractivity contribution in [2.45, 2.75) is 91.4 Å². The van der Waals surface area contributed by atoms with Crippen molar-refractivity contribution in [1.29, 1.82) is 0 Å². The Labute approximate surface area is 287 Å². The van der Waals surface area contributed by atoms with Crippen LogP contribution in [0.1, 0.15) is 97.3 Å². The highest BCUT2D eigenvalue weighted by Gasteiger charge is 2.39. The summed E-state index contributed by atoms with van der Waals surface area (Å²) < 4.78 is 5.68. The summed E-state index contributed by atoms with van der Waals surface area (Å²) in [6, 6.07) is 25.9. The first-order valence-electron chi connectivity index (χ1n) is 18.0. The number of carbonyl (C=O) groups is 1. The van der Waals surface area contributed by atoms with Crippen LogP contribution in [0.4, 0.5) is 0 Å². The Morgan fingerprint density at radius 2 is 1.46 bits per heavy atom. The van der Waals surface area contributed by atoms with Gasteiger partial charge in [0, 0.05) is 5.41 Å². The highest BCUT2D eigenvalue weighted by atomic mass is 16.5. The van der Waals surface area contributed by atoms with Gasteiger partial charge in [0.25, 0.3) is 0 Å². The van der Waals surface area contributed by atoms with E-state index in [1.807, 2.05) is 0 Å². The zero-order valence-corrected chi connectivity index (χ0v) is 30.1. The fourth-order valence-corrected chi connectivity index (χ4v) is 8.15. The minimum Gasteiger partial charge on any atom is -0.465 e. The maximum atomic E-state index is 12.4. The van der Waals surface area contributed by atoms with E-state index >= 15 is 0 Å². The second-order valence-electron chi connectivity index (χ2n) is 15.4. The van der Waals surface area contributed by atoms with Gasteiger partial charge in [0.1, 0.15) is 0 Å². The van der Waals surface area contributed by atoms with E-state index in [0.29, 0.717) is 12.5 Å². The number of allylic oxidation sites excluding steroid dienone is 4. The molecule has 5 aromatic carbocycles. The molecular formula is C46H52O2. The Balaban J connectivity index is 0.00000197. The molecule has 0 aromatic heterocycles. The van der Waals surface area contributed by atoms with Crippen molar-refractivity contribution in [1.82, 2.24) is 0 Å². The quantitative estimate of drug-likeness (QED) is 0.101. The van der Waals surface area contributed by atoms with Gasteiger partial charge in [0.2, 0.25) is 0 Å². The Kier molecular flexibility index (Phi) is 9.16. The van der Waals surface area contributed by atoms with E-state index in [1.54, 1.807) is 0 Å². The van der Waals surface area contributed by atoms with Crippen molar-refractivity contribution in [3.05, 3.63) is 114 Å². The topological polar surface area (TPSA) is 26.3 Å². The van der Waals surface area contributed by atoms with Crippen LogP contribution in [0.25, 0.3) is 49.0 Å². The molecule has 2 heteroatoms. The molecule has 2 aliphatic rings. The molecule has 0 radical (unpaired) electrons. The monoisotopic (exact) mass is 636 g/mol. The molecular weight excluding hydrogens is 585 g/mol. The van der Waals surface area contributed by atoms with E-state index in [4.69, 9.17) is 4.74 Å². The number of carbonyl (C=O) groups excluding carboxylic acids is 1. The molecule has 1 unspecified atom stereocenters. The van der Waals surface area contributed by atoms with Crippen LogP contribution < -0.4 is 0 Å². The lowest BCUT2D eigenvalue weighted by Gasteiger charge is -2.23. The third-order valence-electron chi connectivity index (χ3n) is 11.1. The zero-order valence-electron chi connectivity index (χ0n) is 30.1. The Bertz CT molecular complexity index is 2020. The van der Waals surface area contributed by atoms with Crippen molar-refractivity contribution in [2.75, 3.05) is 6.61 Å². The summed E-state index contributed by atoms with van der Waals surface area (Å²) in [5.41, 5.74) is 9.64. The number of rotatable bonds is 7. The van der Waals surface area contributed by atoms with Gasteiger partial charge in [-0.1, -0.05) is 121 Å². The lowest BCUT2D eigenvalue weighted by molar-refractivity contribution is -0.149. The first-order valence-corrected chi connectivity index (χ1v) is 18.0. The summed E-state index contributed by atoms with van der Waals surface area (Å²) in [5.74, 6) is 0.496. The van der Waals surface area contributed by atoms with Crippen LogP contribution >= 0.6 is 0 Å². The minimum absolute atomic E-state index is 0.0302. The number of esters is 1. The normalized spacial score (nSPS) is 17.0. The van der Waals surface area contributed by atoms with Crippen molar-refractivity contribution in [2.24, 2.45) is 11.8 Å². The third-order valence-corrected chi connectivity index (χ3v) is 11.1. The minimum atomic E-state index is -0.0683. The Morgan fingerprint density at radius 1 is 0.833 bits per heavy atom. The largest absolute Gasteiger partial charge is 0.465 e. The lowest BCUT2D eigenvalue weighted by atomic mass is 9.80. The smallest absolute Gasteiger partial charge is 0.308 e. The fourth-order valence-electron chi connectivity index (χ4n) is 8.15. The van der Waals surface area contributed by atoms with Crippen LogP contribution in [0.15, 0.2) is 97.6 Å². The Morgan fingerprint density at radius 3 is 2.15 bits per heavy atom. The molecule has 0 aliphatic heterocycles. The number of ether oxygens (including phenoxy) is 1. The average Bonchev–Trinajstić information content (AvgIpc) is 3.18. The second-order valence-corrected chi connectivity index (χ2v) is 15.4. The summed E-state index contributed by atoms with van der Waals surface area (Å²) >= 11 is 0. The van der Waals surface area contributed by atoms with E-state index < -0.39 is 0 Å². The van der Waals surface area contributed by atoms with E-state index in [0.717, 1.165) is 32.1 Å². The molecule has 0 N–H and O–H groups in total. The van der Waals surface area contributed by atoms with Crippen LogP contribution in [0.3, 0.4) is 0 Å². The van der Waals surface area contributed by atoms with Crippen LogP contribution in [0.2, 0.25) is 0 Å². The predicted molar refractivity (Wildman–Crippen MR) is 207 cm³/mol. The lowest BCUT2D eigenvalue weighted by Crippen LogP contribution is -2.18. The number of fused-ring (bicyclic) bond motifs is 3. The van der Waals surface area contributed by atoms with E-state index in [2.05, 4.69) is 141 Å². The SMILES string of the molecule is C=C.CCC(CC)C(=O)OCCC1CC=C2C(=CC1)C(C)(C)c1cc(-c3ccc4ccc5cc(C(C)(C)C)cc6ccc3c4c56)ccc12. The predicted octanol–water partition coefficient (Wildman–Crippen LogP) is 12.7. The van der Waals surface area contributed by atoms with Gasteiger partial charge in [-0.05, 0) is 121 Å². The first kappa shape index (κ1) is 33.7. The summed E-state index contributed by atoms with van der Waals surface area (Å²) in [7, 11) is 0. The van der Waals surface area contributed by atoms with Crippen molar-refractivity contribution in [3.63, 3.8) is 0 Å². The third kappa shape index (κ3) is 5.78. The number of benzene rings is 5. The highest BCUT2D eigenvalue weighted by Crippen LogP contribution is 2.52. The summed E-state index contributed by atoms with van der Waals surface area (Å²) in [5, 5.41) is 8.04. The van der Waals surface area contributed by atoms with Crippen LogP contribution in [-0.2, 0) is 20.4 Å². The van der Waals surface area contributed by atoms with E-state index in [-0.39, 0.29) is 22.7 Å². The molecule has 48 heavy (non-hydrogen) atoms. The zero-order chi connectivity index (χ0) is 34.4. The van der Waals surface area contributed by atoms with Crippen molar-refractivity contribution in [3.8, 4) is 11.1 Å². The molecule has 7 rings (SSSR count). The maximum absolute atomic E-state index is 12.4. The molecule has 248 valence electrons. The van der Waals surface area contributed by atoms with Gasteiger partial charge < -0.3 is 4.74 Å². The summed E-state index contributed by atoms with van der Waals surface area (Å²) in [6.45, 7) is 22.3. The van der Waals surface area contributed by atoms with Crippen LogP contribution in [-0.4, -0.2) is 12.6 Å². The Hall–Kier alpha value is -4.17. The van der Waals surface area contributed by atoms with Crippen LogP contribution in [0, 0.1) is 11.8 Å². The molecule has 2 nitrogen and oxygen atoms in total. The van der Waals surface area contributed by atoms with Gasteiger partial charge in [-0.2, -0.15) is 0 Å². The number of hydrogen-bond donors (Lipinski definition) is 0. The van der Waals surface area contributed by atoms with Gasteiger partial charge >= 0.3 is 5.97 Å². The van der Waals surface area contributed by atoms with Gasteiger partial charge in [-0.3, -0.25) is 4.79 Å². The fraction of sp³-hybridized carbons (Fsp3) is 0.370. The van der Waals surface area contributed by atoms with Crippen LogP contribution in [0.5, 0.6) is 0 Å². The van der Waals surface area contributed by atoms with Gasteiger partial charge in [-0.15, -0.1) is 13.2 Å². The molecule has 0 saturated carbocycles. The van der Waals surface area contributed by atoms with Gasteiger partial charge in [0.15, 0.2) is 0 Å². The molecule has 0 spiro atoms. The number of hydrogen-bond acceptors (Lipinski definition) is 2. The maximum Gasteiger partial charge on any atom is 0.308 e. The molecule has 2 aliphatic carbocycles. The van der Waals surface area contributed by atoms with E-state index in [9.17, 15) is 4.79 Å². The molecule has 0 amide bonds. The van der Waals surface area contributed by atoms with Crippen molar-refractivity contribution >= 4 is 43.9 Å². The molecule has 0 fully saturated rings. The van der Waals surface area contributed by atoms with E-state index in [1.165, 1.54) is 71.3 Å². The molecule has 5 aromatic rings. The van der Waals surface area contributed by atoms with Gasteiger partial charge in [0.05, 0.1) is 12.5 Å². The van der Waals surface area contributed by atoms with Crippen molar-refractivity contribution < 1.29 is 9.53 Å². The molecule has 0 heterocycles. The molecule has 0 bridgehead atoms. The molecule has 1 atom stereocenters. The standard InChI is InChI=1S/C44H48O2.C2H4/c1-8-28(9-2)42(45)46-23-22-27-10-17-35-36-19-15-30(26-39(36)44(6,7)38(35)21-11-27)34-18-14-29-12-13-31-24-33(43(3,4)5)25-32-16-20-37(34)41(29)40(31)32;1-2/h12-21,24-28H,8-11,22-23H2,1-7H3;1-2H2. The van der Waals surface area contributed by atoms with Gasteiger partial charge in [-0.25, -0.2) is 0 Å². The summed E-state index contributed by atoms with van der Waals surface area (Å²) in [4.78, 5) is 12.4. The summed E-state index contributed by atoms with van der Waals surface area (Å²) in [6.07, 6.45) is 9.59. The second kappa shape index (κ2) is 13.0. The first-order chi connectivity index (χ1) is 23.0. The highest BCUT2D eigenvalue weighted by molar-refractivity contribution is 6.25.